The fourth-order valence-electron chi connectivity index (χ4n) is 2.73. The highest BCUT2D eigenvalue weighted by Crippen LogP contribution is 2.52. The van der Waals surface area contributed by atoms with E-state index in [1.807, 2.05) is 18.2 Å². The Morgan fingerprint density at radius 2 is 1.54 bits per heavy atom. The summed E-state index contributed by atoms with van der Waals surface area (Å²) in [5.74, 6) is 0. The van der Waals surface area contributed by atoms with Crippen molar-refractivity contribution in [2.24, 2.45) is 0 Å². The fourth-order valence-corrected chi connectivity index (χ4v) is 3.96. The summed E-state index contributed by atoms with van der Waals surface area (Å²) in [5, 5.41) is 12.4. The second kappa shape index (κ2) is 6.38. The van der Waals surface area contributed by atoms with Gasteiger partial charge in [-0.3, -0.25) is 0 Å². The SMILES string of the molecule is OC(c1ccc2c(c1)SC(c1ccccc1)CN2)(C(F)(F)F)C(F)(F)F. The number of benzene rings is 2. The van der Waals surface area contributed by atoms with Crippen molar-refractivity contribution in [3.05, 3.63) is 59.7 Å². The molecule has 1 heterocycles. The molecule has 0 radical (unpaired) electrons. The van der Waals surface area contributed by atoms with E-state index in [2.05, 4.69) is 5.32 Å². The molecule has 2 nitrogen and oxygen atoms in total. The Labute approximate surface area is 149 Å². The lowest BCUT2D eigenvalue weighted by molar-refractivity contribution is -0.376. The topological polar surface area (TPSA) is 32.3 Å². The summed E-state index contributed by atoms with van der Waals surface area (Å²) in [7, 11) is 0. The van der Waals surface area contributed by atoms with Crippen molar-refractivity contribution in [3.63, 3.8) is 0 Å². The molecule has 3 rings (SSSR count). The van der Waals surface area contributed by atoms with Gasteiger partial charge in [-0.15, -0.1) is 11.8 Å². The normalized spacial score (nSPS) is 18.2. The lowest BCUT2D eigenvalue weighted by Crippen LogP contribution is -2.53. The summed E-state index contributed by atoms with van der Waals surface area (Å²) in [6.07, 6.45) is -11.8. The van der Waals surface area contributed by atoms with Crippen LogP contribution in [0.3, 0.4) is 0 Å². The molecule has 2 aromatic carbocycles. The van der Waals surface area contributed by atoms with Gasteiger partial charge in [0.1, 0.15) is 0 Å². The number of aliphatic hydroxyl groups is 1. The Bertz CT molecular complexity index is 776. The van der Waals surface area contributed by atoms with Crippen molar-refractivity contribution in [1.82, 2.24) is 0 Å². The van der Waals surface area contributed by atoms with E-state index < -0.39 is 23.5 Å². The van der Waals surface area contributed by atoms with Gasteiger partial charge in [0.2, 0.25) is 0 Å². The molecule has 140 valence electrons. The minimum absolute atomic E-state index is 0.177. The van der Waals surface area contributed by atoms with E-state index in [0.29, 0.717) is 18.3 Å². The lowest BCUT2D eigenvalue weighted by atomic mass is 9.92. The summed E-state index contributed by atoms with van der Waals surface area (Å²) in [6.45, 7) is 0.476. The summed E-state index contributed by atoms with van der Waals surface area (Å²) in [5.41, 5.74) is -4.85. The molecule has 2 aromatic rings. The monoisotopic (exact) mass is 393 g/mol. The number of hydrogen-bond donors (Lipinski definition) is 2. The molecule has 0 spiro atoms. The summed E-state index contributed by atoms with van der Waals surface area (Å²) < 4.78 is 78.4. The van der Waals surface area contributed by atoms with E-state index in [9.17, 15) is 31.4 Å². The highest BCUT2D eigenvalue weighted by molar-refractivity contribution is 7.99. The highest BCUT2D eigenvalue weighted by Gasteiger charge is 2.71. The Hall–Kier alpha value is -1.87. The van der Waals surface area contributed by atoms with Crippen LogP contribution in [0.1, 0.15) is 16.4 Å². The fraction of sp³-hybridized carbons (Fsp3) is 0.294. The molecule has 1 aliphatic rings. The van der Waals surface area contributed by atoms with E-state index in [-0.39, 0.29) is 10.1 Å². The van der Waals surface area contributed by atoms with Crippen molar-refractivity contribution in [2.45, 2.75) is 28.1 Å². The Balaban J connectivity index is 2.01. The van der Waals surface area contributed by atoms with Crippen molar-refractivity contribution in [1.29, 1.82) is 0 Å². The third-order valence-corrected chi connectivity index (χ3v) is 5.45. The van der Waals surface area contributed by atoms with Gasteiger partial charge in [0.25, 0.3) is 5.60 Å². The Morgan fingerprint density at radius 3 is 2.12 bits per heavy atom. The predicted molar refractivity (Wildman–Crippen MR) is 86.0 cm³/mol. The number of thioether (sulfide) groups is 1. The molecule has 0 saturated carbocycles. The van der Waals surface area contributed by atoms with Crippen LogP contribution in [0.4, 0.5) is 32.0 Å². The zero-order valence-corrected chi connectivity index (χ0v) is 13.8. The molecule has 0 fully saturated rings. The molecule has 9 heteroatoms. The van der Waals surface area contributed by atoms with Crippen LogP contribution in [0, 0.1) is 0 Å². The van der Waals surface area contributed by atoms with E-state index in [0.717, 1.165) is 29.5 Å². The standard InChI is InChI=1S/C17H13F6NOS/c18-16(19,20)15(25,17(21,22)23)11-6-7-12-13(8-11)26-14(9-24-12)10-4-2-1-3-5-10/h1-8,14,24-25H,9H2. The zero-order valence-electron chi connectivity index (χ0n) is 13.0. The third-order valence-electron chi connectivity index (χ3n) is 4.14. The molecular formula is C17H13F6NOS. The first-order chi connectivity index (χ1) is 12.0. The van der Waals surface area contributed by atoms with Crippen LogP contribution in [0.2, 0.25) is 0 Å². The molecule has 0 bridgehead atoms. The smallest absolute Gasteiger partial charge is 0.383 e. The van der Waals surface area contributed by atoms with Gasteiger partial charge >= 0.3 is 12.4 Å². The van der Waals surface area contributed by atoms with E-state index in [4.69, 9.17) is 0 Å². The van der Waals surface area contributed by atoms with Gasteiger partial charge in [-0.05, 0) is 17.7 Å². The number of halogens is 6. The van der Waals surface area contributed by atoms with Gasteiger partial charge in [-0.2, -0.15) is 26.3 Å². The van der Waals surface area contributed by atoms with Crippen molar-refractivity contribution in [3.8, 4) is 0 Å². The minimum Gasteiger partial charge on any atom is -0.383 e. The molecule has 1 unspecified atom stereocenters. The number of fused-ring (bicyclic) bond motifs is 1. The first-order valence-electron chi connectivity index (χ1n) is 7.50. The van der Waals surface area contributed by atoms with Crippen LogP contribution in [0.5, 0.6) is 0 Å². The third kappa shape index (κ3) is 3.14. The van der Waals surface area contributed by atoms with Crippen LogP contribution in [0.25, 0.3) is 0 Å². The quantitative estimate of drug-likeness (QED) is 0.683. The number of alkyl halides is 6. The van der Waals surface area contributed by atoms with E-state index in [1.54, 1.807) is 12.1 Å². The van der Waals surface area contributed by atoms with Crippen LogP contribution >= 0.6 is 11.8 Å². The second-order valence-corrected chi connectivity index (χ2v) is 7.06. The predicted octanol–water partition coefficient (Wildman–Crippen LogP) is 5.26. The van der Waals surface area contributed by atoms with Crippen LogP contribution in [-0.2, 0) is 5.60 Å². The highest BCUT2D eigenvalue weighted by atomic mass is 32.2. The summed E-state index contributed by atoms with van der Waals surface area (Å²) in [6, 6.07) is 11.6. The molecule has 1 aliphatic heterocycles. The first-order valence-corrected chi connectivity index (χ1v) is 8.38. The van der Waals surface area contributed by atoms with Crippen molar-refractivity contribution in [2.75, 3.05) is 11.9 Å². The summed E-state index contributed by atoms with van der Waals surface area (Å²) in [4.78, 5) is 0.217. The zero-order chi connectivity index (χ0) is 19.2. The Morgan fingerprint density at radius 1 is 0.923 bits per heavy atom. The van der Waals surface area contributed by atoms with Gasteiger partial charge in [0, 0.05) is 22.7 Å². The van der Waals surface area contributed by atoms with Gasteiger partial charge in [0.05, 0.1) is 5.25 Å². The second-order valence-electron chi connectivity index (χ2n) is 5.81. The van der Waals surface area contributed by atoms with Gasteiger partial charge in [-0.1, -0.05) is 36.4 Å². The van der Waals surface area contributed by atoms with Crippen molar-refractivity contribution < 1.29 is 31.4 Å². The van der Waals surface area contributed by atoms with Crippen LogP contribution < -0.4 is 5.32 Å². The van der Waals surface area contributed by atoms with Gasteiger partial charge in [-0.25, -0.2) is 0 Å². The lowest BCUT2D eigenvalue weighted by Gasteiger charge is -2.34. The molecular weight excluding hydrogens is 380 g/mol. The minimum atomic E-state index is -5.90. The molecule has 0 aromatic heterocycles. The molecule has 2 N–H and O–H groups in total. The number of rotatable bonds is 2. The number of anilines is 1. The van der Waals surface area contributed by atoms with Gasteiger partial charge < -0.3 is 10.4 Å². The maximum absolute atomic E-state index is 13.1. The van der Waals surface area contributed by atoms with E-state index >= 15 is 0 Å². The molecule has 26 heavy (non-hydrogen) atoms. The van der Waals surface area contributed by atoms with Crippen molar-refractivity contribution >= 4 is 17.4 Å². The maximum Gasteiger partial charge on any atom is 0.430 e. The van der Waals surface area contributed by atoms with Crippen LogP contribution in [-0.4, -0.2) is 24.0 Å². The largest absolute Gasteiger partial charge is 0.430 e. The average molecular weight is 393 g/mol. The van der Waals surface area contributed by atoms with Gasteiger partial charge in [0.15, 0.2) is 0 Å². The molecule has 1 atom stereocenters. The molecule has 0 amide bonds. The number of hydrogen-bond acceptors (Lipinski definition) is 3. The first kappa shape index (κ1) is 18.9. The van der Waals surface area contributed by atoms with Crippen LogP contribution in [0.15, 0.2) is 53.4 Å². The number of nitrogens with one attached hydrogen (secondary N) is 1. The summed E-state index contributed by atoms with van der Waals surface area (Å²) >= 11 is 1.15. The Kier molecular flexibility index (Phi) is 4.64. The average Bonchev–Trinajstić information content (AvgIpc) is 2.59. The van der Waals surface area contributed by atoms with E-state index in [1.165, 1.54) is 0 Å². The molecule has 0 aliphatic carbocycles. The maximum atomic E-state index is 13.1. The molecule has 0 saturated heterocycles.